The van der Waals surface area contributed by atoms with E-state index < -0.39 is 4.83 Å². The number of benzene rings is 1. The maximum atomic E-state index is 13.2. The number of hydrogen-bond acceptors (Lipinski definition) is 3. The standard InChI is InChI=1S/C14H12BrFN2O/c1-8-6-10(2-3-11(8)16)14(19)13(15)9-4-5-18-12(17)7-9/h2-7,13H,1H3,(H2,17,18)/t13-/m0/s1. The van der Waals surface area contributed by atoms with Crippen molar-refractivity contribution in [2.24, 2.45) is 0 Å². The Morgan fingerprint density at radius 2 is 2.11 bits per heavy atom. The van der Waals surface area contributed by atoms with Gasteiger partial charge in [0.1, 0.15) is 16.5 Å². The van der Waals surface area contributed by atoms with Crippen molar-refractivity contribution >= 4 is 27.5 Å². The molecule has 2 aromatic rings. The molecule has 0 amide bonds. The SMILES string of the molecule is Cc1cc(C(=O)[C@@H](Br)c2ccnc(N)c2)ccc1F. The largest absolute Gasteiger partial charge is 0.384 e. The van der Waals surface area contributed by atoms with Crippen LogP contribution in [0.1, 0.15) is 26.3 Å². The van der Waals surface area contributed by atoms with E-state index >= 15 is 0 Å². The predicted octanol–water partition coefficient (Wildman–Crippen LogP) is 3.43. The van der Waals surface area contributed by atoms with Crippen LogP contribution in [0.4, 0.5) is 10.2 Å². The Morgan fingerprint density at radius 3 is 2.74 bits per heavy atom. The van der Waals surface area contributed by atoms with E-state index in [1.54, 1.807) is 25.3 Å². The second-order valence-corrected chi connectivity index (χ2v) is 5.12. The smallest absolute Gasteiger partial charge is 0.180 e. The monoisotopic (exact) mass is 322 g/mol. The van der Waals surface area contributed by atoms with Gasteiger partial charge in [0.05, 0.1) is 0 Å². The van der Waals surface area contributed by atoms with Gasteiger partial charge in [-0.2, -0.15) is 0 Å². The van der Waals surface area contributed by atoms with Gasteiger partial charge in [-0.25, -0.2) is 9.37 Å². The highest BCUT2D eigenvalue weighted by Crippen LogP contribution is 2.28. The van der Waals surface area contributed by atoms with E-state index in [-0.39, 0.29) is 11.6 Å². The van der Waals surface area contributed by atoms with E-state index in [0.29, 0.717) is 16.9 Å². The lowest BCUT2D eigenvalue weighted by Crippen LogP contribution is -2.08. The minimum atomic E-state index is -0.525. The van der Waals surface area contributed by atoms with Crippen molar-refractivity contribution in [1.29, 1.82) is 0 Å². The van der Waals surface area contributed by atoms with E-state index in [2.05, 4.69) is 20.9 Å². The van der Waals surface area contributed by atoms with Crippen molar-refractivity contribution < 1.29 is 9.18 Å². The highest BCUT2D eigenvalue weighted by Gasteiger charge is 2.19. The molecular weight excluding hydrogens is 311 g/mol. The number of pyridine rings is 1. The molecule has 5 heteroatoms. The van der Waals surface area contributed by atoms with Crippen LogP contribution < -0.4 is 5.73 Å². The fourth-order valence-corrected chi connectivity index (χ4v) is 2.27. The number of nitrogens with zero attached hydrogens (tertiary/aromatic N) is 1. The van der Waals surface area contributed by atoms with Crippen LogP contribution in [0.3, 0.4) is 0 Å². The number of aryl methyl sites for hydroxylation is 1. The minimum Gasteiger partial charge on any atom is -0.384 e. The highest BCUT2D eigenvalue weighted by atomic mass is 79.9. The number of rotatable bonds is 3. The molecule has 2 N–H and O–H groups in total. The molecule has 1 aromatic heterocycles. The maximum Gasteiger partial charge on any atom is 0.180 e. The predicted molar refractivity (Wildman–Crippen MR) is 75.8 cm³/mol. The number of alkyl halides is 1. The van der Waals surface area contributed by atoms with E-state index in [0.717, 1.165) is 5.56 Å². The summed E-state index contributed by atoms with van der Waals surface area (Å²) in [5, 5.41) is 0. The average Bonchev–Trinajstić information content (AvgIpc) is 2.40. The first kappa shape index (κ1) is 13.7. The van der Waals surface area contributed by atoms with Crippen LogP contribution in [0.2, 0.25) is 0 Å². The van der Waals surface area contributed by atoms with E-state index in [4.69, 9.17) is 5.73 Å². The van der Waals surface area contributed by atoms with Gasteiger partial charge in [0, 0.05) is 11.8 Å². The zero-order valence-electron chi connectivity index (χ0n) is 10.2. The summed E-state index contributed by atoms with van der Waals surface area (Å²) in [6, 6.07) is 7.65. The third kappa shape index (κ3) is 2.98. The van der Waals surface area contributed by atoms with Gasteiger partial charge in [-0.3, -0.25) is 4.79 Å². The van der Waals surface area contributed by atoms with Crippen molar-refractivity contribution in [3.8, 4) is 0 Å². The first-order chi connectivity index (χ1) is 8.99. The van der Waals surface area contributed by atoms with Crippen LogP contribution >= 0.6 is 15.9 Å². The molecule has 2 rings (SSSR count). The second-order valence-electron chi connectivity index (χ2n) is 4.20. The summed E-state index contributed by atoms with van der Waals surface area (Å²) in [4.78, 5) is 15.6. The van der Waals surface area contributed by atoms with E-state index in [9.17, 15) is 9.18 Å². The number of anilines is 1. The summed E-state index contributed by atoms with van der Waals surface area (Å²) in [6.45, 7) is 1.62. The van der Waals surface area contributed by atoms with Gasteiger partial charge < -0.3 is 5.73 Å². The molecule has 0 aliphatic carbocycles. The molecule has 19 heavy (non-hydrogen) atoms. The molecule has 1 heterocycles. The third-order valence-corrected chi connectivity index (χ3v) is 3.71. The van der Waals surface area contributed by atoms with Crippen molar-refractivity contribution in [2.45, 2.75) is 11.8 Å². The first-order valence-corrected chi connectivity index (χ1v) is 6.56. The lowest BCUT2D eigenvalue weighted by Gasteiger charge is -2.10. The molecule has 0 saturated carbocycles. The number of nitrogens with two attached hydrogens (primary N) is 1. The molecule has 0 unspecified atom stereocenters. The molecule has 1 atom stereocenters. The topological polar surface area (TPSA) is 56.0 Å². The van der Waals surface area contributed by atoms with Crippen LogP contribution in [0.5, 0.6) is 0 Å². The van der Waals surface area contributed by atoms with Gasteiger partial charge in [-0.15, -0.1) is 0 Å². The Morgan fingerprint density at radius 1 is 1.37 bits per heavy atom. The molecule has 0 fully saturated rings. The lowest BCUT2D eigenvalue weighted by molar-refractivity contribution is 0.0991. The first-order valence-electron chi connectivity index (χ1n) is 5.65. The Labute approximate surface area is 118 Å². The zero-order chi connectivity index (χ0) is 14.0. The van der Waals surface area contributed by atoms with Gasteiger partial charge in [-0.1, -0.05) is 15.9 Å². The zero-order valence-corrected chi connectivity index (χ0v) is 11.8. The number of ketones is 1. The van der Waals surface area contributed by atoms with Gasteiger partial charge >= 0.3 is 0 Å². The van der Waals surface area contributed by atoms with Gasteiger partial charge in [0.15, 0.2) is 5.78 Å². The van der Waals surface area contributed by atoms with Crippen molar-refractivity contribution in [3.63, 3.8) is 0 Å². The van der Waals surface area contributed by atoms with Crippen molar-refractivity contribution in [3.05, 3.63) is 59.0 Å². The average molecular weight is 323 g/mol. The number of halogens is 2. The number of carbonyl (C=O) groups is 1. The van der Waals surface area contributed by atoms with Crippen LogP contribution in [-0.2, 0) is 0 Å². The molecule has 1 aromatic carbocycles. The summed E-state index contributed by atoms with van der Waals surface area (Å²) >= 11 is 3.34. The Hall–Kier alpha value is -1.75. The fourth-order valence-electron chi connectivity index (χ4n) is 1.72. The van der Waals surface area contributed by atoms with Gasteiger partial charge in [0.2, 0.25) is 0 Å². The number of carbonyl (C=O) groups excluding carboxylic acids is 1. The number of hydrogen-bond donors (Lipinski definition) is 1. The normalized spacial score (nSPS) is 12.2. The van der Waals surface area contributed by atoms with Crippen LogP contribution in [0.15, 0.2) is 36.5 Å². The summed E-state index contributed by atoms with van der Waals surface area (Å²) in [5.74, 6) is -0.116. The van der Waals surface area contributed by atoms with Crippen LogP contribution in [0, 0.1) is 12.7 Å². The number of Topliss-reactive ketones (excluding diaryl/α,β-unsaturated/α-hetero) is 1. The second kappa shape index (κ2) is 5.48. The van der Waals surface area contributed by atoms with Gasteiger partial charge in [0.25, 0.3) is 0 Å². The number of nitrogen functional groups attached to an aromatic ring is 1. The van der Waals surface area contributed by atoms with E-state index in [1.807, 2.05) is 0 Å². The fraction of sp³-hybridized carbons (Fsp3) is 0.143. The summed E-state index contributed by atoms with van der Waals surface area (Å²) in [7, 11) is 0. The van der Waals surface area contributed by atoms with Crippen LogP contribution in [0.25, 0.3) is 0 Å². The van der Waals surface area contributed by atoms with Crippen molar-refractivity contribution in [1.82, 2.24) is 4.98 Å². The molecule has 98 valence electrons. The summed E-state index contributed by atoms with van der Waals surface area (Å²) < 4.78 is 13.2. The summed E-state index contributed by atoms with van der Waals surface area (Å²) in [6.07, 6.45) is 1.54. The molecular formula is C14H12BrFN2O. The Kier molecular flexibility index (Phi) is 3.95. The van der Waals surface area contributed by atoms with E-state index in [1.165, 1.54) is 18.2 Å². The van der Waals surface area contributed by atoms with Crippen LogP contribution in [-0.4, -0.2) is 10.8 Å². The minimum absolute atomic E-state index is 0.145. The Bertz CT molecular complexity index is 631. The molecule has 0 bridgehead atoms. The molecule has 0 aliphatic rings. The Balaban J connectivity index is 2.30. The molecule has 0 saturated heterocycles. The molecule has 0 spiro atoms. The molecule has 3 nitrogen and oxygen atoms in total. The lowest BCUT2D eigenvalue weighted by atomic mass is 10.0. The highest BCUT2D eigenvalue weighted by molar-refractivity contribution is 9.09. The quantitative estimate of drug-likeness (QED) is 0.695. The number of aromatic nitrogens is 1. The summed E-state index contributed by atoms with van der Waals surface area (Å²) in [5.41, 5.74) is 7.21. The molecule has 0 radical (unpaired) electrons. The van der Waals surface area contributed by atoms with Gasteiger partial charge in [-0.05, 0) is 48.4 Å². The third-order valence-electron chi connectivity index (χ3n) is 2.77. The van der Waals surface area contributed by atoms with Crippen molar-refractivity contribution in [2.75, 3.05) is 5.73 Å². The molecule has 0 aliphatic heterocycles. The maximum absolute atomic E-state index is 13.2.